The third kappa shape index (κ3) is 11.4. The van der Waals surface area contributed by atoms with Crippen LogP contribution in [0.5, 0.6) is 0 Å². The fourth-order valence-electron chi connectivity index (χ4n) is 0.733. The van der Waals surface area contributed by atoms with Crippen molar-refractivity contribution in [3.8, 4) is 0 Å². The molecule has 0 bridgehead atoms. The number of hydrogen-bond acceptors (Lipinski definition) is 3. The molecule has 0 fully saturated rings. The molecular formula is C9H18NO3. The molecule has 0 heterocycles. The molecule has 0 aromatic heterocycles. The van der Waals surface area contributed by atoms with Gasteiger partial charge in [0, 0.05) is 6.61 Å². The van der Waals surface area contributed by atoms with Crippen molar-refractivity contribution in [3.63, 3.8) is 0 Å². The Kier molecular flexibility index (Phi) is 9.03. The van der Waals surface area contributed by atoms with Gasteiger partial charge in [-0.25, -0.2) is 0 Å². The van der Waals surface area contributed by atoms with Crippen LogP contribution in [0.15, 0.2) is 0 Å². The smallest absolute Gasteiger partial charge is 0.240 e. The van der Waals surface area contributed by atoms with E-state index in [0.29, 0.717) is 19.8 Å². The van der Waals surface area contributed by atoms with Crippen molar-refractivity contribution in [2.75, 3.05) is 26.4 Å². The van der Waals surface area contributed by atoms with E-state index in [1.807, 2.05) is 0 Å². The summed E-state index contributed by atoms with van der Waals surface area (Å²) in [6.07, 6.45) is 2.38. The molecule has 0 aromatic rings. The lowest BCUT2D eigenvalue weighted by atomic mass is 10.4. The molecule has 0 aromatic carbocycles. The van der Waals surface area contributed by atoms with Crippen molar-refractivity contribution in [1.82, 2.24) is 5.73 Å². The standard InChI is InChI=1S/C9H18NO3/c1-2-3-5-12-7-8-13-6-4-9(10)11/h10H,2-8H2,1H3. The average Bonchev–Trinajstić information content (AvgIpc) is 2.09. The summed E-state index contributed by atoms with van der Waals surface area (Å²) in [6.45, 7) is 4.31. The second-order valence-electron chi connectivity index (χ2n) is 2.75. The first-order chi connectivity index (χ1) is 6.27. The first kappa shape index (κ1) is 12.4. The van der Waals surface area contributed by atoms with Crippen molar-refractivity contribution >= 4 is 5.91 Å². The second kappa shape index (κ2) is 9.48. The van der Waals surface area contributed by atoms with Gasteiger partial charge in [0.2, 0.25) is 5.91 Å². The maximum absolute atomic E-state index is 10.2. The molecule has 4 nitrogen and oxygen atoms in total. The van der Waals surface area contributed by atoms with E-state index in [1.165, 1.54) is 0 Å². The summed E-state index contributed by atoms with van der Waals surface area (Å²) in [6, 6.07) is 0. The maximum Gasteiger partial charge on any atom is 0.240 e. The molecule has 77 valence electrons. The van der Waals surface area contributed by atoms with Crippen LogP contribution in [0, 0.1) is 0 Å². The first-order valence-corrected chi connectivity index (χ1v) is 4.67. The normalized spacial score (nSPS) is 10.2. The summed E-state index contributed by atoms with van der Waals surface area (Å²) in [5.74, 6) is -0.577. The van der Waals surface area contributed by atoms with Crippen molar-refractivity contribution in [2.45, 2.75) is 26.2 Å². The van der Waals surface area contributed by atoms with E-state index < -0.39 is 5.91 Å². The van der Waals surface area contributed by atoms with Crippen LogP contribution in [0.1, 0.15) is 26.2 Å². The van der Waals surface area contributed by atoms with Crippen LogP contribution in [0.4, 0.5) is 0 Å². The summed E-state index contributed by atoms with van der Waals surface area (Å²) in [4.78, 5) is 10.2. The van der Waals surface area contributed by atoms with Crippen LogP contribution in [-0.4, -0.2) is 32.3 Å². The van der Waals surface area contributed by atoms with Crippen molar-refractivity contribution in [1.29, 1.82) is 0 Å². The van der Waals surface area contributed by atoms with E-state index in [9.17, 15) is 4.79 Å². The van der Waals surface area contributed by atoms with Gasteiger partial charge < -0.3 is 9.47 Å². The molecule has 0 rings (SSSR count). The van der Waals surface area contributed by atoms with Crippen molar-refractivity contribution in [2.24, 2.45) is 0 Å². The molecule has 1 radical (unpaired) electrons. The average molecular weight is 188 g/mol. The van der Waals surface area contributed by atoms with Gasteiger partial charge in [0.05, 0.1) is 26.2 Å². The highest BCUT2D eigenvalue weighted by Gasteiger charge is 1.94. The predicted octanol–water partition coefficient (Wildman–Crippen LogP) is 1.02. The Hall–Kier alpha value is -0.610. The zero-order valence-electron chi connectivity index (χ0n) is 8.17. The van der Waals surface area contributed by atoms with Gasteiger partial charge in [-0.3, -0.25) is 10.5 Å². The Morgan fingerprint density at radius 1 is 1.15 bits per heavy atom. The summed E-state index contributed by atoms with van der Waals surface area (Å²) in [5.41, 5.74) is 6.60. The highest BCUT2D eigenvalue weighted by Crippen LogP contribution is 1.88. The lowest BCUT2D eigenvalue weighted by Gasteiger charge is -2.03. The number of unbranched alkanes of at least 4 members (excludes halogenated alkanes) is 1. The second-order valence-corrected chi connectivity index (χ2v) is 2.75. The third-order valence-electron chi connectivity index (χ3n) is 1.49. The van der Waals surface area contributed by atoms with Gasteiger partial charge in [-0.2, -0.15) is 0 Å². The van der Waals surface area contributed by atoms with Gasteiger partial charge >= 0.3 is 0 Å². The van der Waals surface area contributed by atoms with Crippen LogP contribution in [0.25, 0.3) is 0 Å². The SMILES string of the molecule is CCCCOCCOCCC([NH])=O. The van der Waals surface area contributed by atoms with Crippen molar-refractivity contribution in [3.05, 3.63) is 0 Å². The largest absolute Gasteiger partial charge is 0.379 e. The van der Waals surface area contributed by atoms with Crippen molar-refractivity contribution < 1.29 is 14.3 Å². The number of hydrogen-bond donors (Lipinski definition) is 0. The molecule has 1 amide bonds. The number of carbonyl (C=O) groups excluding carboxylic acids is 1. The fraction of sp³-hybridized carbons (Fsp3) is 0.889. The van der Waals surface area contributed by atoms with E-state index in [0.717, 1.165) is 19.4 Å². The lowest BCUT2D eigenvalue weighted by Crippen LogP contribution is -2.09. The van der Waals surface area contributed by atoms with Crippen LogP contribution in [-0.2, 0) is 14.3 Å². The molecule has 0 saturated heterocycles. The Balaban J connectivity index is 2.87. The van der Waals surface area contributed by atoms with Crippen LogP contribution in [0.3, 0.4) is 0 Å². The molecule has 0 unspecified atom stereocenters. The molecule has 1 N–H and O–H groups in total. The van der Waals surface area contributed by atoms with E-state index in [2.05, 4.69) is 6.92 Å². The molecule has 0 aliphatic carbocycles. The summed E-state index contributed by atoms with van der Waals surface area (Å²) in [5, 5.41) is 0. The molecule has 4 heteroatoms. The van der Waals surface area contributed by atoms with Gasteiger partial charge in [0.15, 0.2) is 0 Å². The minimum absolute atomic E-state index is 0.176. The Morgan fingerprint density at radius 3 is 2.31 bits per heavy atom. The van der Waals surface area contributed by atoms with Gasteiger partial charge in [0.1, 0.15) is 0 Å². The van der Waals surface area contributed by atoms with Gasteiger partial charge in [-0.15, -0.1) is 0 Å². The van der Waals surface area contributed by atoms with E-state index in [1.54, 1.807) is 0 Å². The van der Waals surface area contributed by atoms with E-state index in [-0.39, 0.29) is 6.42 Å². The summed E-state index contributed by atoms with van der Waals surface area (Å²) < 4.78 is 10.3. The van der Waals surface area contributed by atoms with Gasteiger partial charge in [0.25, 0.3) is 0 Å². The van der Waals surface area contributed by atoms with Crippen LogP contribution < -0.4 is 5.73 Å². The molecule has 0 aliphatic heterocycles. The molecule has 0 atom stereocenters. The van der Waals surface area contributed by atoms with Gasteiger partial charge in [-0.1, -0.05) is 13.3 Å². The number of carbonyl (C=O) groups is 1. The monoisotopic (exact) mass is 188 g/mol. The highest BCUT2D eigenvalue weighted by molar-refractivity contribution is 5.72. The third-order valence-corrected chi connectivity index (χ3v) is 1.49. The van der Waals surface area contributed by atoms with E-state index in [4.69, 9.17) is 15.2 Å². The quantitative estimate of drug-likeness (QED) is 0.507. The molecule has 0 spiro atoms. The predicted molar refractivity (Wildman–Crippen MR) is 49.3 cm³/mol. The maximum atomic E-state index is 10.2. The van der Waals surface area contributed by atoms with Gasteiger partial charge in [-0.05, 0) is 6.42 Å². The summed E-state index contributed by atoms with van der Waals surface area (Å²) in [7, 11) is 0. The Labute approximate surface area is 79.4 Å². The number of nitrogens with one attached hydrogen (secondary N) is 1. The molecule has 13 heavy (non-hydrogen) atoms. The Bertz CT molecular complexity index is 128. The topological polar surface area (TPSA) is 59.3 Å². The van der Waals surface area contributed by atoms with Crippen LogP contribution >= 0.6 is 0 Å². The Morgan fingerprint density at radius 2 is 1.77 bits per heavy atom. The van der Waals surface area contributed by atoms with Crippen LogP contribution in [0.2, 0.25) is 0 Å². The van der Waals surface area contributed by atoms with E-state index >= 15 is 0 Å². The minimum Gasteiger partial charge on any atom is -0.379 e. The zero-order valence-corrected chi connectivity index (χ0v) is 8.17. The molecule has 0 aliphatic rings. The number of amides is 1. The minimum atomic E-state index is -0.577. The lowest BCUT2D eigenvalue weighted by molar-refractivity contribution is -0.119. The molecule has 0 saturated carbocycles. The highest BCUT2D eigenvalue weighted by atomic mass is 16.5. The number of ether oxygens (including phenoxy) is 2. The summed E-state index contributed by atoms with van der Waals surface area (Å²) >= 11 is 0. The first-order valence-electron chi connectivity index (χ1n) is 4.67. The number of rotatable bonds is 9. The molecular weight excluding hydrogens is 170 g/mol. The zero-order chi connectivity index (χ0) is 9.94. The fourth-order valence-corrected chi connectivity index (χ4v) is 0.733.